The Balaban J connectivity index is 3.13. The van der Waals surface area contributed by atoms with Gasteiger partial charge < -0.3 is 0 Å². The monoisotopic (exact) mass is 335 g/mol. The highest BCUT2D eigenvalue weighted by Gasteiger charge is 2.18. The summed E-state index contributed by atoms with van der Waals surface area (Å²) in [7, 11) is 0. The summed E-state index contributed by atoms with van der Waals surface area (Å²) in [5.41, 5.74) is 0.394. The molecular weight excluding hydrogens is 330 g/mol. The van der Waals surface area contributed by atoms with Gasteiger partial charge in [0, 0.05) is 17.0 Å². The van der Waals surface area contributed by atoms with E-state index in [1.807, 2.05) is 0 Å². The van der Waals surface area contributed by atoms with Crippen LogP contribution in [0.25, 0.3) is 0 Å². The van der Waals surface area contributed by atoms with Gasteiger partial charge in [0.25, 0.3) is 5.69 Å². The van der Waals surface area contributed by atoms with Crippen molar-refractivity contribution in [1.82, 2.24) is 0 Å². The average molecular weight is 337 g/mol. The van der Waals surface area contributed by atoms with Crippen molar-refractivity contribution in [1.29, 1.82) is 0 Å². The van der Waals surface area contributed by atoms with Crippen molar-refractivity contribution in [2.75, 3.05) is 5.33 Å². The number of ketones is 1. The second kappa shape index (κ2) is 5.37. The van der Waals surface area contributed by atoms with Gasteiger partial charge in [0.05, 0.1) is 15.8 Å². The fourth-order valence-corrected chi connectivity index (χ4v) is 1.83. The van der Waals surface area contributed by atoms with E-state index in [0.717, 1.165) is 0 Å². The van der Waals surface area contributed by atoms with Gasteiger partial charge in [-0.2, -0.15) is 0 Å². The molecule has 80 valence electrons. The van der Waals surface area contributed by atoms with E-state index in [9.17, 15) is 14.9 Å². The standard InChI is InChI=1S/C9H7Br2NO3/c10-5-6(13)4-7-8(11)2-1-3-9(7)12(14)15/h1-3H,4-5H2. The van der Waals surface area contributed by atoms with Crippen LogP contribution < -0.4 is 0 Å². The molecule has 1 aromatic rings. The number of rotatable bonds is 4. The van der Waals surface area contributed by atoms with Crippen LogP contribution in [0, 0.1) is 10.1 Å². The van der Waals surface area contributed by atoms with Crippen LogP contribution in [0.5, 0.6) is 0 Å². The van der Waals surface area contributed by atoms with Crippen molar-refractivity contribution >= 4 is 43.3 Å². The van der Waals surface area contributed by atoms with Crippen LogP contribution in [0.2, 0.25) is 0 Å². The summed E-state index contributed by atoms with van der Waals surface area (Å²) in [6, 6.07) is 4.65. The largest absolute Gasteiger partial charge is 0.298 e. The van der Waals surface area contributed by atoms with Gasteiger partial charge in [-0.05, 0) is 6.07 Å². The van der Waals surface area contributed by atoms with E-state index in [4.69, 9.17) is 0 Å². The highest BCUT2D eigenvalue weighted by atomic mass is 79.9. The van der Waals surface area contributed by atoms with Crippen molar-refractivity contribution in [2.45, 2.75) is 6.42 Å². The number of nitro benzene ring substituents is 1. The molecule has 0 radical (unpaired) electrons. The van der Waals surface area contributed by atoms with E-state index in [1.165, 1.54) is 6.07 Å². The summed E-state index contributed by atoms with van der Waals surface area (Å²) in [6.45, 7) is 0. The lowest BCUT2D eigenvalue weighted by Gasteiger charge is -2.03. The smallest absolute Gasteiger partial charge is 0.274 e. The molecule has 1 rings (SSSR count). The minimum atomic E-state index is -0.485. The minimum Gasteiger partial charge on any atom is -0.298 e. The number of carbonyl (C=O) groups excluding carboxylic acids is 1. The van der Waals surface area contributed by atoms with Crippen molar-refractivity contribution in [3.05, 3.63) is 38.3 Å². The molecule has 15 heavy (non-hydrogen) atoms. The van der Waals surface area contributed by atoms with E-state index in [2.05, 4.69) is 31.9 Å². The number of nitro groups is 1. The zero-order valence-electron chi connectivity index (χ0n) is 7.57. The molecule has 0 bridgehead atoms. The summed E-state index contributed by atoms with van der Waals surface area (Å²) in [5, 5.41) is 10.9. The van der Waals surface area contributed by atoms with Gasteiger partial charge in [0.1, 0.15) is 5.78 Å². The molecule has 0 spiro atoms. The number of benzene rings is 1. The maximum Gasteiger partial charge on any atom is 0.274 e. The molecule has 0 N–H and O–H groups in total. The minimum absolute atomic E-state index is 0.0290. The predicted molar refractivity (Wildman–Crippen MR) is 63.3 cm³/mol. The SMILES string of the molecule is O=C(CBr)Cc1c(Br)cccc1[N+](=O)[O-]. The van der Waals surface area contributed by atoms with Gasteiger partial charge in [0.2, 0.25) is 0 Å². The highest BCUT2D eigenvalue weighted by molar-refractivity contribution is 9.10. The Kier molecular flexibility index (Phi) is 4.41. The highest BCUT2D eigenvalue weighted by Crippen LogP contribution is 2.27. The zero-order chi connectivity index (χ0) is 11.4. The van der Waals surface area contributed by atoms with Crippen LogP contribution in [0.4, 0.5) is 5.69 Å². The fraction of sp³-hybridized carbons (Fsp3) is 0.222. The van der Waals surface area contributed by atoms with Gasteiger partial charge in [-0.25, -0.2) is 0 Å². The molecule has 1 aromatic carbocycles. The van der Waals surface area contributed by atoms with E-state index in [-0.39, 0.29) is 23.2 Å². The molecule has 0 aliphatic carbocycles. The second-order valence-electron chi connectivity index (χ2n) is 2.84. The molecular formula is C9H7Br2NO3. The predicted octanol–water partition coefficient (Wildman–Crippen LogP) is 2.86. The lowest BCUT2D eigenvalue weighted by Crippen LogP contribution is -2.06. The third kappa shape index (κ3) is 3.10. The van der Waals surface area contributed by atoms with Crippen molar-refractivity contribution < 1.29 is 9.72 Å². The number of carbonyl (C=O) groups is 1. The number of nitrogens with zero attached hydrogens (tertiary/aromatic N) is 1. The second-order valence-corrected chi connectivity index (χ2v) is 4.26. The summed E-state index contributed by atoms with van der Waals surface area (Å²) >= 11 is 6.22. The third-order valence-electron chi connectivity index (χ3n) is 1.81. The molecule has 0 saturated heterocycles. The molecule has 6 heteroatoms. The number of halogens is 2. The third-order valence-corrected chi connectivity index (χ3v) is 3.18. The Labute approximate surface area is 103 Å². The Morgan fingerprint density at radius 2 is 2.13 bits per heavy atom. The summed E-state index contributed by atoms with van der Waals surface area (Å²) < 4.78 is 0.589. The van der Waals surface area contributed by atoms with Crippen LogP contribution >= 0.6 is 31.9 Å². The molecule has 0 heterocycles. The van der Waals surface area contributed by atoms with Crippen LogP contribution in [0.15, 0.2) is 22.7 Å². The van der Waals surface area contributed by atoms with E-state index in [0.29, 0.717) is 10.0 Å². The first-order chi connectivity index (χ1) is 7.06. The van der Waals surface area contributed by atoms with Gasteiger partial charge in [-0.1, -0.05) is 37.9 Å². The van der Waals surface area contributed by atoms with E-state index < -0.39 is 4.92 Å². The molecule has 0 fully saturated rings. The number of alkyl halides is 1. The first kappa shape index (κ1) is 12.3. The van der Waals surface area contributed by atoms with Gasteiger partial charge in [-0.3, -0.25) is 14.9 Å². The molecule has 0 amide bonds. The molecule has 0 saturated carbocycles. The first-order valence-corrected chi connectivity index (χ1v) is 5.97. The first-order valence-electron chi connectivity index (χ1n) is 4.05. The zero-order valence-corrected chi connectivity index (χ0v) is 10.7. The molecule has 0 aromatic heterocycles. The quantitative estimate of drug-likeness (QED) is 0.482. The average Bonchev–Trinajstić information content (AvgIpc) is 2.20. The molecule has 0 atom stereocenters. The number of Topliss-reactive ketones (excluding diaryl/α,β-unsaturated/α-hetero) is 1. The molecule has 4 nitrogen and oxygen atoms in total. The Morgan fingerprint density at radius 3 is 2.67 bits per heavy atom. The van der Waals surface area contributed by atoms with Crippen molar-refractivity contribution in [2.24, 2.45) is 0 Å². The van der Waals surface area contributed by atoms with Crippen LogP contribution in [0.1, 0.15) is 5.56 Å². The maximum absolute atomic E-state index is 11.2. The van der Waals surface area contributed by atoms with Crippen molar-refractivity contribution in [3.63, 3.8) is 0 Å². The topological polar surface area (TPSA) is 60.2 Å². The summed E-state index contributed by atoms with van der Waals surface area (Å²) in [4.78, 5) is 21.4. The van der Waals surface area contributed by atoms with Crippen LogP contribution in [-0.2, 0) is 11.2 Å². The van der Waals surface area contributed by atoms with E-state index in [1.54, 1.807) is 12.1 Å². The Hall–Kier alpha value is -0.750. The fourth-order valence-electron chi connectivity index (χ4n) is 1.14. The molecule has 0 aliphatic rings. The van der Waals surface area contributed by atoms with Gasteiger partial charge in [-0.15, -0.1) is 0 Å². The van der Waals surface area contributed by atoms with Crippen molar-refractivity contribution in [3.8, 4) is 0 Å². The van der Waals surface area contributed by atoms with Crippen LogP contribution in [-0.4, -0.2) is 16.0 Å². The lowest BCUT2D eigenvalue weighted by atomic mass is 10.1. The number of hydrogen-bond donors (Lipinski definition) is 0. The van der Waals surface area contributed by atoms with Gasteiger partial charge >= 0.3 is 0 Å². The maximum atomic E-state index is 11.2. The molecule has 0 aliphatic heterocycles. The summed E-state index contributed by atoms with van der Waals surface area (Å²) in [6.07, 6.45) is 0.0585. The van der Waals surface area contributed by atoms with E-state index >= 15 is 0 Å². The van der Waals surface area contributed by atoms with Crippen LogP contribution in [0.3, 0.4) is 0 Å². The Morgan fingerprint density at radius 1 is 1.47 bits per heavy atom. The van der Waals surface area contributed by atoms with Gasteiger partial charge in [0.15, 0.2) is 0 Å². The lowest BCUT2D eigenvalue weighted by molar-refractivity contribution is -0.385. The normalized spacial score (nSPS) is 10.0. The summed E-state index contributed by atoms with van der Waals surface area (Å²) in [5.74, 6) is -0.0926. The Bertz CT molecular complexity index is 406. The molecule has 0 unspecified atom stereocenters. The number of hydrogen-bond acceptors (Lipinski definition) is 3.